The Hall–Kier alpha value is -2.65. The molecule has 1 fully saturated rings. The molecule has 2 aliphatic rings. The number of benzene rings is 2. The van der Waals surface area contributed by atoms with E-state index in [1.165, 1.54) is 6.07 Å². The number of anilines is 1. The van der Waals surface area contributed by atoms with Crippen LogP contribution < -0.4 is 14.8 Å². The highest BCUT2D eigenvalue weighted by Gasteiger charge is 2.42. The van der Waals surface area contributed by atoms with Gasteiger partial charge in [0.25, 0.3) is 11.7 Å². The molecule has 0 unspecified atom stereocenters. The molecule has 2 aromatic carbocycles. The van der Waals surface area contributed by atoms with Gasteiger partial charge in [-0.3, -0.25) is 4.79 Å². The van der Waals surface area contributed by atoms with E-state index >= 15 is 0 Å². The second-order valence-corrected chi connectivity index (χ2v) is 9.93. The van der Waals surface area contributed by atoms with E-state index in [0.717, 1.165) is 48.5 Å². The molecule has 9 heteroatoms. The lowest BCUT2D eigenvalue weighted by Gasteiger charge is -2.31. The van der Waals surface area contributed by atoms with Crippen molar-refractivity contribution in [3.63, 3.8) is 0 Å². The van der Waals surface area contributed by atoms with Gasteiger partial charge in [0.05, 0.1) is 0 Å². The van der Waals surface area contributed by atoms with E-state index in [2.05, 4.69) is 5.32 Å². The van der Waals surface area contributed by atoms with Gasteiger partial charge in [-0.25, -0.2) is 12.8 Å². The molecule has 0 bridgehead atoms. The first-order chi connectivity index (χ1) is 15.3. The number of ether oxygens (including phenoxy) is 2. The average molecular weight is 463 g/mol. The zero-order valence-corrected chi connectivity index (χ0v) is 19.0. The fourth-order valence-electron chi connectivity index (χ4n) is 4.21. The van der Waals surface area contributed by atoms with Crippen LogP contribution in [0.25, 0.3) is 0 Å². The van der Waals surface area contributed by atoms with Crippen molar-refractivity contribution in [1.82, 2.24) is 4.31 Å². The maximum Gasteiger partial charge on any atom is 0.255 e. The van der Waals surface area contributed by atoms with Crippen molar-refractivity contribution in [1.29, 1.82) is 0 Å². The first kappa shape index (κ1) is 22.5. The number of sulfonamides is 1. The van der Waals surface area contributed by atoms with Crippen LogP contribution in [0.5, 0.6) is 11.5 Å². The fraction of sp³-hybridized carbons (Fsp3) is 0.435. The van der Waals surface area contributed by atoms with Gasteiger partial charge in [0.2, 0.25) is 10.0 Å². The third-order valence-corrected chi connectivity index (χ3v) is 7.99. The Morgan fingerprint density at radius 3 is 2.41 bits per heavy atom. The molecule has 0 saturated heterocycles. The molecule has 1 aliphatic carbocycles. The average Bonchev–Trinajstić information content (AvgIpc) is 3.11. The van der Waals surface area contributed by atoms with Crippen LogP contribution in [0.1, 0.15) is 56.3 Å². The second-order valence-electron chi connectivity index (χ2n) is 8.03. The van der Waals surface area contributed by atoms with E-state index < -0.39 is 32.4 Å². The lowest BCUT2D eigenvalue weighted by molar-refractivity contribution is -0.105. The SMILES string of the molecule is CCN(CC)S(=O)(=O)c1cc(C(=O)Nc2ccc3c(c2)OC2(CCCCC2)O3)ccc1F. The minimum atomic E-state index is -4.04. The van der Waals surface area contributed by atoms with Crippen LogP contribution in [0.15, 0.2) is 41.3 Å². The van der Waals surface area contributed by atoms with Gasteiger partial charge in [0.1, 0.15) is 10.7 Å². The maximum absolute atomic E-state index is 14.3. The molecule has 7 nitrogen and oxygen atoms in total. The van der Waals surface area contributed by atoms with Crippen LogP contribution >= 0.6 is 0 Å². The zero-order valence-electron chi connectivity index (χ0n) is 18.2. The number of nitrogens with zero attached hydrogens (tertiary/aromatic N) is 1. The smallest absolute Gasteiger partial charge is 0.255 e. The molecule has 0 aromatic heterocycles. The Bertz CT molecular complexity index is 1130. The van der Waals surface area contributed by atoms with Crippen molar-refractivity contribution >= 4 is 21.6 Å². The van der Waals surface area contributed by atoms with Gasteiger partial charge in [-0.1, -0.05) is 20.3 Å². The van der Waals surface area contributed by atoms with Gasteiger partial charge in [0, 0.05) is 43.2 Å². The predicted octanol–water partition coefficient (Wildman–Crippen LogP) is 4.54. The van der Waals surface area contributed by atoms with Gasteiger partial charge < -0.3 is 14.8 Å². The van der Waals surface area contributed by atoms with Crippen molar-refractivity contribution in [2.75, 3.05) is 18.4 Å². The van der Waals surface area contributed by atoms with Crippen LogP contribution in [0.4, 0.5) is 10.1 Å². The van der Waals surface area contributed by atoms with Crippen molar-refractivity contribution in [2.45, 2.75) is 56.6 Å². The van der Waals surface area contributed by atoms with E-state index in [-0.39, 0.29) is 18.7 Å². The standard InChI is InChI=1S/C23H27FN2O5S/c1-3-26(4-2)32(28,29)21-14-16(8-10-18(21)24)22(27)25-17-9-11-19-20(15-17)31-23(30-19)12-6-5-7-13-23/h8-11,14-15H,3-7,12-13H2,1-2H3,(H,25,27). The van der Waals surface area contributed by atoms with Gasteiger partial charge >= 0.3 is 0 Å². The number of carbonyl (C=O) groups excluding carboxylic acids is 1. The minimum absolute atomic E-state index is 0.0403. The second kappa shape index (κ2) is 8.71. The van der Waals surface area contributed by atoms with Crippen molar-refractivity contribution in [3.05, 3.63) is 47.8 Å². The van der Waals surface area contributed by atoms with Crippen LogP contribution in [0.3, 0.4) is 0 Å². The largest absolute Gasteiger partial charge is 0.448 e. The third kappa shape index (κ3) is 4.19. The number of hydrogen-bond acceptors (Lipinski definition) is 5. The summed E-state index contributed by atoms with van der Waals surface area (Å²) in [6.45, 7) is 3.75. The molecule has 1 heterocycles. The molecule has 1 aliphatic heterocycles. The third-order valence-electron chi connectivity index (χ3n) is 5.93. The van der Waals surface area contributed by atoms with Gasteiger partial charge in [-0.05, 0) is 43.2 Å². The lowest BCUT2D eigenvalue weighted by atomic mass is 9.94. The van der Waals surface area contributed by atoms with E-state index in [9.17, 15) is 17.6 Å². The Balaban J connectivity index is 1.54. The highest BCUT2D eigenvalue weighted by Crippen LogP contribution is 2.46. The first-order valence-electron chi connectivity index (χ1n) is 10.9. The van der Waals surface area contributed by atoms with Gasteiger partial charge in [-0.2, -0.15) is 4.31 Å². The van der Waals surface area contributed by atoms with Crippen molar-refractivity contribution < 1.29 is 27.1 Å². The molecule has 0 atom stereocenters. The monoisotopic (exact) mass is 462 g/mol. The summed E-state index contributed by atoms with van der Waals surface area (Å²) in [4.78, 5) is 12.3. The summed E-state index contributed by atoms with van der Waals surface area (Å²) in [7, 11) is -4.04. The normalized spacial score (nSPS) is 17.0. The van der Waals surface area contributed by atoms with E-state index in [0.29, 0.717) is 17.2 Å². The zero-order chi connectivity index (χ0) is 22.9. The Labute approximate surface area is 187 Å². The molecule has 0 radical (unpaired) electrons. The van der Waals surface area contributed by atoms with Crippen LogP contribution in [0, 0.1) is 5.82 Å². The summed E-state index contributed by atoms with van der Waals surface area (Å²) < 4.78 is 53.1. The highest BCUT2D eigenvalue weighted by atomic mass is 32.2. The number of halogens is 1. The predicted molar refractivity (Wildman–Crippen MR) is 118 cm³/mol. The molecular formula is C23H27FN2O5S. The number of fused-ring (bicyclic) bond motifs is 1. The Morgan fingerprint density at radius 2 is 1.72 bits per heavy atom. The van der Waals surface area contributed by atoms with E-state index in [4.69, 9.17) is 9.47 Å². The molecule has 2 aromatic rings. The number of carbonyl (C=O) groups is 1. The molecule has 1 N–H and O–H groups in total. The summed E-state index contributed by atoms with van der Waals surface area (Å²) in [6, 6.07) is 8.46. The van der Waals surface area contributed by atoms with Gasteiger partial charge in [-0.15, -0.1) is 0 Å². The molecule has 1 amide bonds. The topological polar surface area (TPSA) is 84.9 Å². The van der Waals surface area contributed by atoms with Crippen molar-refractivity contribution in [3.8, 4) is 11.5 Å². The van der Waals surface area contributed by atoms with Crippen LogP contribution in [0.2, 0.25) is 0 Å². The highest BCUT2D eigenvalue weighted by molar-refractivity contribution is 7.89. The number of nitrogens with one attached hydrogen (secondary N) is 1. The Morgan fingerprint density at radius 1 is 1.03 bits per heavy atom. The quantitative estimate of drug-likeness (QED) is 0.681. The molecule has 1 saturated carbocycles. The van der Waals surface area contributed by atoms with Crippen LogP contribution in [-0.4, -0.2) is 37.5 Å². The van der Waals surface area contributed by atoms with E-state index in [1.807, 2.05) is 0 Å². The van der Waals surface area contributed by atoms with Gasteiger partial charge in [0.15, 0.2) is 11.5 Å². The van der Waals surface area contributed by atoms with E-state index in [1.54, 1.807) is 32.0 Å². The summed E-state index contributed by atoms with van der Waals surface area (Å²) in [5, 5.41) is 2.73. The molecule has 172 valence electrons. The number of rotatable bonds is 6. The molecule has 4 rings (SSSR count). The summed E-state index contributed by atoms with van der Waals surface area (Å²) in [5.74, 6) is -0.858. The lowest BCUT2D eigenvalue weighted by Crippen LogP contribution is -2.40. The number of hydrogen-bond donors (Lipinski definition) is 1. The van der Waals surface area contributed by atoms with Crippen LogP contribution in [-0.2, 0) is 10.0 Å². The summed E-state index contributed by atoms with van der Waals surface area (Å²) in [6.07, 6.45) is 4.89. The molecule has 1 spiro atoms. The first-order valence-corrected chi connectivity index (χ1v) is 12.3. The Kier molecular flexibility index (Phi) is 6.13. The van der Waals surface area contributed by atoms with Crippen molar-refractivity contribution in [2.24, 2.45) is 0 Å². The minimum Gasteiger partial charge on any atom is -0.448 e. The molecular weight excluding hydrogens is 435 g/mol. The number of amides is 1. The summed E-state index contributed by atoms with van der Waals surface area (Å²) >= 11 is 0. The maximum atomic E-state index is 14.3. The molecule has 32 heavy (non-hydrogen) atoms. The summed E-state index contributed by atoms with van der Waals surface area (Å²) in [5.41, 5.74) is 0.515. The fourth-order valence-corrected chi connectivity index (χ4v) is 5.76.